The fourth-order valence-electron chi connectivity index (χ4n) is 4.10. The highest BCUT2D eigenvalue weighted by Crippen LogP contribution is 2.31. The fraction of sp³-hybridized carbons (Fsp3) is 0. The summed E-state index contributed by atoms with van der Waals surface area (Å²) in [5.74, 6) is 0.0615. The Hall–Kier alpha value is -4.89. The molecule has 0 saturated carbocycles. The van der Waals surface area contributed by atoms with Gasteiger partial charge in [-0.15, -0.1) is 0 Å². The van der Waals surface area contributed by atoms with E-state index in [1.165, 1.54) is 0 Å². The largest absolute Gasteiger partial charge is 0.264 e. The standard InChI is InChI=1S/C33H23N3/c1-3-10-24(11-4-1)26-14-7-16-28(20-26)31-22-32(36-33(35-31)25-12-5-2-6-13-25)29-17-8-15-27(21-29)30-18-9-19-34-23-30/h1-23H/i2D,5D,6D,12D,13D. The minimum Gasteiger partial charge on any atom is -0.264 e. The van der Waals surface area contributed by atoms with Crippen molar-refractivity contribution in [3.63, 3.8) is 0 Å². The molecular formula is C33H23N3. The molecule has 2 heterocycles. The average Bonchev–Trinajstić information content (AvgIpc) is 3.04. The van der Waals surface area contributed by atoms with E-state index in [2.05, 4.69) is 4.98 Å². The molecule has 0 fully saturated rings. The van der Waals surface area contributed by atoms with Gasteiger partial charge in [0.2, 0.25) is 0 Å². The quantitative estimate of drug-likeness (QED) is 0.257. The van der Waals surface area contributed by atoms with Crippen LogP contribution in [0.1, 0.15) is 6.85 Å². The molecule has 3 heteroatoms. The average molecular weight is 467 g/mol. The van der Waals surface area contributed by atoms with Gasteiger partial charge in [0.25, 0.3) is 0 Å². The van der Waals surface area contributed by atoms with Crippen LogP contribution in [0.4, 0.5) is 0 Å². The molecule has 3 nitrogen and oxygen atoms in total. The fourth-order valence-corrected chi connectivity index (χ4v) is 4.10. The van der Waals surface area contributed by atoms with Gasteiger partial charge >= 0.3 is 0 Å². The van der Waals surface area contributed by atoms with Crippen LogP contribution in [0.3, 0.4) is 0 Å². The summed E-state index contributed by atoms with van der Waals surface area (Å²) in [4.78, 5) is 13.7. The maximum atomic E-state index is 8.56. The van der Waals surface area contributed by atoms with E-state index in [9.17, 15) is 0 Å². The third kappa shape index (κ3) is 4.55. The lowest BCUT2D eigenvalue weighted by Crippen LogP contribution is -1.96. The van der Waals surface area contributed by atoms with Crippen LogP contribution < -0.4 is 0 Å². The van der Waals surface area contributed by atoms with Crippen molar-refractivity contribution in [3.8, 4) is 56.2 Å². The highest BCUT2D eigenvalue weighted by atomic mass is 14.9. The van der Waals surface area contributed by atoms with Gasteiger partial charge in [-0.25, -0.2) is 9.97 Å². The molecule has 36 heavy (non-hydrogen) atoms. The lowest BCUT2D eigenvalue weighted by atomic mass is 9.99. The number of nitrogens with zero attached hydrogens (tertiary/aromatic N) is 3. The second kappa shape index (κ2) is 9.77. The third-order valence-corrected chi connectivity index (χ3v) is 5.87. The molecule has 0 radical (unpaired) electrons. The zero-order chi connectivity index (χ0) is 28.5. The number of hydrogen-bond acceptors (Lipinski definition) is 3. The molecule has 0 unspecified atom stereocenters. The molecule has 0 spiro atoms. The molecule has 0 bridgehead atoms. The second-order valence-electron chi connectivity index (χ2n) is 8.23. The topological polar surface area (TPSA) is 38.7 Å². The van der Waals surface area contributed by atoms with Gasteiger partial charge in [0, 0.05) is 34.6 Å². The van der Waals surface area contributed by atoms with Crippen molar-refractivity contribution in [1.29, 1.82) is 0 Å². The van der Waals surface area contributed by atoms with Crippen molar-refractivity contribution in [3.05, 3.63) is 140 Å². The zero-order valence-electron chi connectivity index (χ0n) is 24.2. The van der Waals surface area contributed by atoms with E-state index in [0.717, 1.165) is 33.4 Å². The first-order chi connectivity index (χ1) is 19.9. The van der Waals surface area contributed by atoms with E-state index in [1.807, 2.05) is 97.1 Å². The van der Waals surface area contributed by atoms with Gasteiger partial charge in [0.1, 0.15) is 0 Å². The minimum atomic E-state index is -0.458. The molecule has 0 aliphatic heterocycles. The SMILES string of the molecule is [2H]c1c([2H])c([2H])c(-c2nc(-c3cccc(-c4ccccc4)c3)cc(-c3cccc(-c4cccnc4)c3)n2)c([2H])c1[2H]. The Balaban J connectivity index is 1.58. The summed E-state index contributed by atoms with van der Waals surface area (Å²) >= 11 is 0. The van der Waals surface area contributed by atoms with E-state index in [1.54, 1.807) is 12.4 Å². The highest BCUT2D eigenvalue weighted by molar-refractivity contribution is 5.77. The summed E-state index contributed by atoms with van der Waals surface area (Å²) in [7, 11) is 0. The Morgan fingerprint density at radius 3 is 1.69 bits per heavy atom. The summed E-state index contributed by atoms with van der Waals surface area (Å²) in [6.45, 7) is 0. The summed E-state index contributed by atoms with van der Waals surface area (Å²) in [5, 5.41) is 0. The lowest BCUT2D eigenvalue weighted by Gasteiger charge is -2.11. The molecule has 0 N–H and O–H groups in total. The van der Waals surface area contributed by atoms with Gasteiger partial charge in [0.15, 0.2) is 5.82 Å². The summed E-state index contributed by atoms with van der Waals surface area (Å²) in [5.41, 5.74) is 6.66. The first-order valence-electron chi connectivity index (χ1n) is 14.0. The molecule has 0 amide bonds. The highest BCUT2D eigenvalue weighted by Gasteiger charge is 2.12. The first-order valence-corrected chi connectivity index (χ1v) is 11.5. The van der Waals surface area contributed by atoms with Crippen LogP contribution >= 0.6 is 0 Å². The Labute approximate surface area is 217 Å². The van der Waals surface area contributed by atoms with Crippen LogP contribution in [0.15, 0.2) is 140 Å². The van der Waals surface area contributed by atoms with Crippen LogP contribution in [0.5, 0.6) is 0 Å². The zero-order valence-corrected chi connectivity index (χ0v) is 19.2. The molecule has 0 saturated heterocycles. The van der Waals surface area contributed by atoms with Crippen LogP contribution in [-0.4, -0.2) is 15.0 Å². The van der Waals surface area contributed by atoms with Gasteiger partial charge < -0.3 is 0 Å². The Bertz CT molecular complexity index is 1760. The smallest absolute Gasteiger partial charge is 0.160 e. The lowest BCUT2D eigenvalue weighted by molar-refractivity contribution is 1.18. The first kappa shape index (κ1) is 16.7. The number of benzene rings is 4. The predicted molar refractivity (Wildman–Crippen MR) is 147 cm³/mol. The van der Waals surface area contributed by atoms with Gasteiger partial charge in [-0.3, -0.25) is 4.98 Å². The molecule has 0 aliphatic carbocycles. The van der Waals surface area contributed by atoms with Gasteiger partial charge in [-0.2, -0.15) is 0 Å². The van der Waals surface area contributed by atoms with Gasteiger partial charge in [0.05, 0.1) is 18.2 Å². The van der Waals surface area contributed by atoms with Crippen molar-refractivity contribution >= 4 is 0 Å². The molecule has 170 valence electrons. The Kier molecular flexibility index (Phi) is 4.53. The molecular weight excluding hydrogens is 438 g/mol. The van der Waals surface area contributed by atoms with Crippen LogP contribution in [0, 0.1) is 0 Å². The normalized spacial score (nSPS) is 12.7. The van der Waals surface area contributed by atoms with Crippen molar-refractivity contribution in [2.24, 2.45) is 0 Å². The summed E-state index contributed by atoms with van der Waals surface area (Å²) in [6, 6.07) is 29.5. The predicted octanol–water partition coefficient (Wildman–Crippen LogP) is 8.21. The van der Waals surface area contributed by atoms with Crippen molar-refractivity contribution in [2.75, 3.05) is 0 Å². The summed E-state index contributed by atoms with van der Waals surface area (Å²) < 4.78 is 41.5. The van der Waals surface area contributed by atoms with E-state index in [4.69, 9.17) is 16.8 Å². The summed E-state index contributed by atoms with van der Waals surface area (Å²) in [6.07, 6.45) is 3.51. The van der Waals surface area contributed by atoms with E-state index in [-0.39, 0.29) is 23.5 Å². The number of aromatic nitrogens is 3. The molecule has 6 aromatic rings. The maximum Gasteiger partial charge on any atom is 0.160 e. The molecule has 2 aromatic heterocycles. The van der Waals surface area contributed by atoms with Crippen molar-refractivity contribution in [1.82, 2.24) is 15.0 Å². The molecule has 0 aliphatic rings. The van der Waals surface area contributed by atoms with E-state index < -0.39 is 18.1 Å². The Morgan fingerprint density at radius 2 is 1.06 bits per heavy atom. The van der Waals surface area contributed by atoms with Gasteiger partial charge in [-0.1, -0.05) is 103 Å². The molecule has 4 aromatic carbocycles. The van der Waals surface area contributed by atoms with E-state index in [0.29, 0.717) is 11.4 Å². The van der Waals surface area contributed by atoms with Crippen LogP contribution in [0.25, 0.3) is 56.2 Å². The Morgan fingerprint density at radius 1 is 0.472 bits per heavy atom. The molecule has 0 atom stereocenters. The van der Waals surface area contributed by atoms with Crippen molar-refractivity contribution < 1.29 is 6.85 Å². The maximum absolute atomic E-state index is 8.56. The van der Waals surface area contributed by atoms with Gasteiger partial charge in [-0.05, 0) is 41.0 Å². The van der Waals surface area contributed by atoms with E-state index >= 15 is 0 Å². The number of pyridine rings is 1. The van der Waals surface area contributed by atoms with Crippen LogP contribution in [0.2, 0.25) is 0 Å². The third-order valence-electron chi connectivity index (χ3n) is 5.87. The number of rotatable bonds is 5. The monoisotopic (exact) mass is 466 g/mol. The molecule has 6 rings (SSSR count). The number of hydrogen-bond donors (Lipinski definition) is 0. The second-order valence-corrected chi connectivity index (χ2v) is 8.23. The van der Waals surface area contributed by atoms with Crippen molar-refractivity contribution in [2.45, 2.75) is 0 Å². The minimum absolute atomic E-state index is 0.0401. The van der Waals surface area contributed by atoms with Crippen LogP contribution in [-0.2, 0) is 0 Å².